The second-order valence-electron chi connectivity index (χ2n) is 4.27. The number of carbonyl (C=O) groups excluding carboxylic acids is 1. The molecule has 0 saturated heterocycles. The number of carbonyl (C=O) groups is 1. The van der Waals surface area contributed by atoms with Gasteiger partial charge in [0.25, 0.3) is 5.69 Å². The summed E-state index contributed by atoms with van der Waals surface area (Å²) in [4.78, 5) is 22.1. The monoisotopic (exact) mass is 352 g/mol. The molecule has 7 heteroatoms. The van der Waals surface area contributed by atoms with E-state index in [0.29, 0.717) is 23.3 Å². The topological polar surface area (TPSA) is 74.4 Å². The standard InChI is InChI=1S/C14H13BrN2O4/c1-2-21-14(18)13-4-3-7-16(13)9-10-5-6-11(17(19)20)8-12(10)15/h3-8H,2,9H2,1H3. The summed E-state index contributed by atoms with van der Waals surface area (Å²) in [5, 5.41) is 10.7. The molecule has 0 radical (unpaired) electrons. The molecule has 6 nitrogen and oxygen atoms in total. The number of ether oxygens (including phenoxy) is 1. The van der Waals surface area contributed by atoms with Gasteiger partial charge in [-0.05, 0) is 30.7 Å². The number of nitrogens with zero attached hydrogens (tertiary/aromatic N) is 2. The van der Waals surface area contributed by atoms with E-state index in [-0.39, 0.29) is 11.7 Å². The Labute approximate surface area is 129 Å². The summed E-state index contributed by atoms with van der Waals surface area (Å²) >= 11 is 3.32. The molecule has 0 aliphatic rings. The van der Waals surface area contributed by atoms with Gasteiger partial charge in [0.2, 0.25) is 0 Å². The zero-order chi connectivity index (χ0) is 15.4. The zero-order valence-electron chi connectivity index (χ0n) is 11.3. The van der Waals surface area contributed by atoms with Gasteiger partial charge in [0.1, 0.15) is 5.69 Å². The van der Waals surface area contributed by atoms with Gasteiger partial charge in [-0.2, -0.15) is 0 Å². The molecule has 0 atom stereocenters. The number of non-ortho nitro benzene ring substituents is 1. The van der Waals surface area contributed by atoms with Crippen LogP contribution in [-0.4, -0.2) is 22.1 Å². The Morgan fingerprint density at radius 3 is 2.81 bits per heavy atom. The molecule has 1 heterocycles. The summed E-state index contributed by atoms with van der Waals surface area (Å²) in [6.07, 6.45) is 1.76. The molecule has 1 aromatic carbocycles. The molecule has 21 heavy (non-hydrogen) atoms. The van der Waals surface area contributed by atoms with Crippen LogP contribution < -0.4 is 0 Å². The lowest BCUT2D eigenvalue weighted by molar-refractivity contribution is -0.384. The molecule has 0 saturated carbocycles. The predicted molar refractivity (Wildman–Crippen MR) is 80.3 cm³/mol. The van der Waals surface area contributed by atoms with Gasteiger partial charge in [-0.15, -0.1) is 0 Å². The van der Waals surface area contributed by atoms with Crippen LogP contribution in [0.25, 0.3) is 0 Å². The first kappa shape index (κ1) is 15.2. The van der Waals surface area contributed by atoms with Gasteiger partial charge in [0, 0.05) is 29.3 Å². The first-order valence-electron chi connectivity index (χ1n) is 6.28. The molecule has 110 valence electrons. The third-order valence-corrected chi connectivity index (χ3v) is 3.64. The summed E-state index contributed by atoms with van der Waals surface area (Å²) in [5.74, 6) is -0.388. The molecular weight excluding hydrogens is 340 g/mol. The maximum atomic E-state index is 11.8. The van der Waals surface area contributed by atoms with Crippen molar-refractivity contribution in [3.05, 3.63) is 62.4 Å². The van der Waals surface area contributed by atoms with Crippen LogP contribution in [0.5, 0.6) is 0 Å². The molecular formula is C14H13BrN2O4. The van der Waals surface area contributed by atoms with Crippen LogP contribution >= 0.6 is 15.9 Å². The Bertz CT molecular complexity index is 681. The minimum atomic E-state index is -0.450. The molecule has 2 rings (SSSR count). The van der Waals surface area contributed by atoms with Crippen LogP contribution in [0.3, 0.4) is 0 Å². The van der Waals surface area contributed by atoms with Crippen molar-refractivity contribution in [2.24, 2.45) is 0 Å². The second-order valence-corrected chi connectivity index (χ2v) is 5.13. The molecule has 0 bridgehead atoms. The first-order chi connectivity index (χ1) is 10.0. The third-order valence-electron chi connectivity index (χ3n) is 2.90. The molecule has 0 fully saturated rings. The number of rotatable bonds is 5. The van der Waals surface area contributed by atoms with Crippen LogP contribution in [0.1, 0.15) is 23.0 Å². The van der Waals surface area contributed by atoms with E-state index in [2.05, 4.69) is 15.9 Å². The molecule has 0 spiro atoms. The molecule has 0 unspecified atom stereocenters. The van der Waals surface area contributed by atoms with Gasteiger partial charge >= 0.3 is 5.97 Å². The van der Waals surface area contributed by atoms with Crippen molar-refractivity contribution in [3.8, 4) is 0 Å². The SMILES string of the molecule is CCOC(=O)c1cccn1Cc1ccc([N+](=O)[O-])cc1Br. The van der Waals surface area contributed by atoms with Crippen LogP contribution in [0.15, 0.2) is 41.0 Å². The van der Waals surface area contributed by atoms with Crippen molar-refractivity contribution < 1.29 is 14.5 Å². The number of esters is 1. The highest BCUT2D eigenvalue weighted by Gasteiger charge is 2.14. The number of aromatic nitrogens is 1. The van der Waals surface area contributed by atoms with Gasteiger partial charge in [-0.25, -0.2) is 4.79 Å². The third kappa shape index (κ3) is 3.49. The van der Waals surface area contributed by atoms with Gasteiger partial charge in [0.15, 0.2) is 0 Å². The summed E-state index contributed by atoms with van der Waals surface area (Å²) in [6.45, 7) is 2.48. The van der Waals surface area contributed by atoms with Gasteiger partial charge in [0.05, 0.1) is 11.5 Å². The lowest BCUT2D eigenvalue weighted by Crippen LogP contribution is -2.12. The van der Waals surface area contributed by atoms with Crippen molar-refractivity contribution >= 4 is 27.6 Å². The maximum absolute atomic E-state index is 11.8. The fraction of sp³-hybridized carbons (Fsp3) is 0.214. The second kappa shape index (κ2) is 6.53. The molecule has 2 aromatic rings. The molecule has 0 aliphatic heterocycles. The average Bonchev–Trinajstić information content (AvgIpc) is 2.89. The summed E-state index contributed by atoms with van der Waals surface area (Å²) in [5.41, 5.74) is 1.30. The maximum Gasteiger partial charge on any atom is 0.354 e. The van der Waals surface area contributed by atoms with Crippen molar-refractivity contribution in [1.29, 1.82) is 0 Å². The van der Waals surface area contributed by atoms with Crippen molar-refractivity contribution in [2.75, 3.05) is 6.61 Å². The van der Waals surface area contributed by atoms with E-state index in [1.54, 1.807) is 35.9 Å². The van der Waals surface area contributed by atoms with Gasteiger partial charge < -0.3 is 9.30 Å². The van der Waals surface area contributed by atoms with E-state index in [1.807, 2.05) is 0 Å². The van der Waals surface area contributed by atoms with E-state index in [0.717, 1.165) is 5.56 Å². The normalized spacial score (nSPS) is 10.4. The summed E-state index contributed by atoms with van der Waals surface area (Å²) in [7, 11) is 0. The van der Waals surface area contributed by atoms with E-state index in [1.165, 1.54) is 12.1 Å². The minimum Gasteiger partial charge on any atom is -0.461 e. The summed E-state index contributed by atoms with van der Waals surface area (Å²) < 4.78 is 7.35. The van der Waals surface area contributed by atoms with E-state index < -0.39 is 4.92 Å². The smallest absolute Gasteiger partial charge is 0.354 e. The summed E-state index contributed by atoms with van der Waals surface area (Å²) in [6, 6.07) is 7.98. The molecule has 0 N–H and O–H groups in total. The number of hydrogen-bond acceptors (Lipinski definition) is 4. The highest BCUT2D eigenvalue weighted by molar-refractivity contribution is 9.10. The van der Waals surface area contributed by atoms with Crippen molar-refractivity contribution in [2.45, 2.75) is 13.5 Å². The van der Waals surface area contributed by atoms with Crippen LogP contribution in [0, 0.1) is 10.1 Å². The Morgan fingerprint density at radius 2 is 2.19 bits per heavy atom. The number of hydrogen-bond donors (Lipinski definition) is 0. The van der Waals surface area contributed by atoms with Crippen molar-refractivity contribution in [1.82, 2.24) is 4.57 Å². The zero-order valence-corrected chi connectivity index (χ0v) is 12.9. The largest absolute Gasteiger partial charge is 0.461 e. The fourth-order valence-electron chi connectivity index (χ4n) is 1.90. The Hall–Kier alpha value is -2.15. The fourth-order valence-corrected chi connectivity index (χ4v) is 2.40. The van der Waals surface area contributed by atoms with Gasteiger partial charge in [-0.3, -0.25) is 10.1 Å². The van der Waals surface area contributed by atoms with Crippen LogP contribution in [0.2, 0.25) is 0 Å². The lowest BCUT2D eigenvalue weighted by atomic mass is 10.2. The van der Waals surface area contributed by atoms with Gasteiger partial charge in [-0.1, -0.05) is 15.9 Å². The number of benzene rings is 1. The number of nitro benzene ring substituents is 1. The molecule has 0 aliphatic carbocycles. The van der Waals surface area contributed by atoms with Crippen LogP contribution in [0.4, 0.5) is 5.69 Å². The van der Waals surface area contributed by atoms with E-state index in [4.69, 9.17) is 4.74 Å². The van der Waals surface area contributed by atoms with Crippen molar-refractivity contribution in [3.63, 3.8) is 0 Å². The molecule has 0 amide bonds. The highest BCUT2D eigenvalue weighted by atomic mass is 79.9. The quantitative estimate of drug-likeness (QED) is 0.469. The molecule has 1 aromatic heterocycles. The van der Waals surface area contributed by atoms with E-state index in [9.17, 15) is 14.9 Å². The Morgan fingerprint density at radius 1 is 1.43 bits per heavy atom. The first-order valence-corrected chi connectivity index (χ1v) is 7.07. The number of nitro groups is 1. The highest BCUT2D eigenvalue weighted by Crippen LogP contribution is 2.24. The lowest BCUT2D eigenvalue weighted by Gasteiger charge is -2.10. The Balaban J connectivity index is 2.25. The minimum absolute atomic E-state index is 0.0174. The average molecular weight is 353 g/mol. The van der Waals surface area contributed by atoms with Crippen LogP contribution in [-0.2, 0) is 11.3 Å². The number of halogens is 1. The Kier molecular flexibility index (Phi) is 4.74. The predicted octanol–water partition coefficient (Wildman–Crippen LogP) is 3.38. The van der Waals surface area contributed by atoms with E-state index >= 15 is 0 Å².